The number of nitrogens with zero attached hydrogens (tertiary/aromatic N) is 1. The maximum atomic E-state index is 12.4. The Morgan fingerprint density at radius 3 is 2.30 bits per heavy atom. The number of rotatable bonds is 5. The van der Waals surface area contributed by atoms with Gasteiger partial charge >= 0.3 is 12.0 Å². The number of carboxylic acid groups (broad SMARTS) is 1. The number of carboxylic acids is 1. The van der Waals surface area contributed by atoms with Gasteiger partial charge in [0, 0.05) is 18.1 Å². The van der Waals surface area contributed by atoms with Gasteiger partial charge in [-0.3, -0.25) is 4.79 Å². The molecule has 1 unspecified atom stereocenters. The topological polar surface area (TPSA) is 69.6 Å². The molecule has 0 saturated heterocycles. The van der Waals surface area contributed by atoms with Crippen LogP contribution in [0.3, 0.4) is 0 Å². The normalized spacial score (nSPS) is 17.8. The smallest absolute Gasteiger partial charge is 0.318 e. The van der Waals surface area contributed by atoms with E-state index in [1.165, 1.54) is 25.7 Å². The summed E-state index contributed by atoms with van der Waals surface area (Å²) in [6.07, 6.45) is 4.81. The highest BCUT2D eigenvalue weighted by Crippen LogP contribution is 2.27. The number of carbonyl (C=O) groups is 2. The molecule has 1 rings (SSSR count). The Morgan fingerprint density at radius 2 is 1.85 bits per heavy atom. The molecule has 2 N–H and O–H groups in total. The number of amides is 2. The SMILES string of the molecule is CC(NC(=O)N(CCC(=O)O)C(C)(C)C)C1CCCC1. The molecule has 0 aromatic heterocycles. The molecule has 1 aliphatic rings. The molecular formula is C15H28N2O3. The average Bonchev–Trinajstić information content (AvgIpc) is 2.79. The van der Waals surface area contributed by atoms with Crippen molar-refractivity contribution in [2.24, 2.45) is 5.92 Å². The molecule has 1 atom stereocenters. The van der Waals surface area contributed by atoms with Crippen LogP contribution in [0.1, 0.15) is 59.8 Å². The lowest BCUT2D eigenvalue weighted by Gasteiger charge is -2.37. The molecule has 116 valence electrons. The predicted octanol–water partition coefficient (Wildman–Crippen LogP) is 2.85. The Balaban J connectivity index is 2.60. The first kappa shape index (κ1) is 16.8. The third-order valence-corrected chi connectivity index (χ3v) is 4.06. The fourth-order valence-electron chi connectivity index (χ4n) is 2.80. The molecule has 0 heterocycles. The summed E-state index contributed by atoms with van der Waals surface area (Å²) in [4.78, 5) is 24.7. The van der Waals surface area contributed by atoms with Gasteiger partial charge in [0.25, 0.3) is 0 Å². The molecule has 5 heteroatoms. The zero-order valence-electron chi connectivity index (χ0n) is 13.1. The molecule has 1 fully saturated rings. The van der Waals surface area contributed by atoms with Crippen molar-refractivity contribution in [2.75, 3.05) is 6.54 Å². The summed E-state index contributed by atoms with van der Waals surface area (Å²) in [5.74, 6) is -0.323. The summed E-state index contributed by atoms with van der Waals surface area (Å²) >= 11 is 0. The van der Waals surface area contributed by atoms with E-state index in [1.807, 2.05) is 27.7 Å². The highest BCUT2D eigenvalue weighted by atomic mass is 16.4. The van der Waals surface area contributed by atoms with Gasteiger partial charge in [0.2, 0.25) is 0 Å². The van der Waals surface area contributed by atoms with Crippen molar-refractivity contribution in [1.82, 2.24) is 10.2 Å². The van der Waals surface area contributed by atoms with Crippen LogP contribution in [0.2, 0.25) is 0 Å². The van der Waals surface area contributed by atoms with Crippen molar-refractivity contribution in [3.63, 3.8) is 0 Å². The molecule has 0 bridgehead atoms. The first-order valence-corrected chi connectivity index (χ1v) is 7.51. The molecule has 2 amide bonds. The van der Waals surface area contributed by atoms with Crippen LogP contribution < -0.4 is 5.32 Å². The van der Waals surface area contributed by atoms with Crippen molar-refractivity contribution >= 4 is 12.0 Å². The maximum Gasteiger partial charge on any atom is 0.318 e. The van der Waals surface area contributed by atoms with Crippen molar-refractivity contribution in [3.05, 3.63) is 0 Å². The lowest BCUT2D eigenvalue weighted by Crippen LogP contribution is -2.53. The summed E-state index contributed by atoms with van der Waals surface area (Å²) in [6, 6.07) is -0.00201. The van der Waals surface area contributed by atoms with Crippen LogP contribution in [0.25, 0.3) is 0 Å². The van der Waals surface area contributed by atoms with Crippen molar-refractivity contribution in [3.8, 4) is 0 Å². The number of urea groups is 1. The monoisotopic (exact) mass is 284 g/mol. The lowest BCUT2D eigenvalue weighted by atomic mass is 10.00. The molecule has 0 radical (unpaired) electrons. The van der Waals surface area contributed by atoms with Crippen LogP contribution in [-0.2, 0) is 4.79 Å². The number of aliphatic carboxylic acids is 1. The van der Waals surface area contributed by atoms with Gasteiger partial charge in [0.15, 0.2) is 0 Å². The Kier molecular flexibility index (Phi) is 5.84. The zero-order chi connectivity index (χ0) is 15.3. The highest BCUT2D eigenvalue weighted by molar-refractivity contribution is 5.76. The largest absolute Gasteiger partial charge is 0.481 e. The summed E-state index contributed by atoms with van der Waals surface area (Å²) in [6.45, 7) is 8.06. The third-order valence-electron chi connectivity index (χ3n) is 4.06. The molecule has 1 saturated carbocycles. The van der Waals surface area contributed by atoms with E-state index >= 15 is 0 Å². The van der Waals surface area contributed by atoms with Gasteiger partial charge in [-0.2, -0.15) is 0 Å². The zero-order valence-corrected chi connectivity index (χ0v) is 13.1. The van der Waals surface area contributed by atoms with Crippen molar-refractivity contribution in [1.29, 1.82) is 0 Å². The van der Waals surface area contributed by atoms with Gasteiger partial charge in [-0.25, -0.2) is 4.79 Å². The van der Waals surface area contributed by atoms with Gasteiger partial charge in [-0.1, -0.05) is 12.8 Å². The highest BCUT2D eigenvalue weighted by Gasteiger charge is 2.29. The minimum absolute atomic E-state index is 0.0253. The Hall–Kier alpha value is -1.26. The van der Waals surface area contributed by atoms with Crippen LogP contribution in [0, 0.1) is 5.92 Å². The van der Waals surface area contributed by atoms with Crippen LogP contribution in [-0.4, -0.2) is 40.1 Å². The van der Waals surface area contributed by atoms with E-state index in [-0.39, 0.29) is 30.6 Å². The van der Waals surface area contributed by atoms with Crippen LogP contribution in [0.4, 0.5) is 4.79 Å². The van der Waals surface area contributed by atoms with Gasteiger partial charge in [0.05, 0.1) is 6.42 Å². The quantitative estimate of drug-likeness (QED) is 0.815. The first-order chi connectivity index (χ1) is 9.21. The number of carbonyl (C=O) groups excluding carboxylic acids is 1. The number of hydrogen-bond acceptors (Lipinski definition) is 2. The third kappa shape index (κ3) is 5.02. The van der Waals surface area contributed by atoms with Gasteiger partial charge in [0.1, 0.15) is 0 Å². The second-order valence-corrected chi connectivity index (χ2v) is 6.75. The van der Waals surface area contributed by atoms with Crippen molar-refractivity contribution < 1.29 is 14.7 Å². The number of hydrogen-bond donors (Lipinski definition) is 2. The van der Waals surface area contributed by atoms with E-state index in [2.05, 4.69) is 5.32 Å². The number of nitrogens with one attached hydrogen (secondary N) is 1. The standard InChI is InChI=1S/C15H28N2O3/c1-11(12-7-5-6-8-12)16-14(20)17(15(2,3)4)10-9-13(18)19/h11-12H,5-10H2,1-4H3,(H,16,20)(H,18,19). The van der Waals surface area contributed by atoms with E-state index in [9.17, 15) is 9.59 Å². The van der Waals surface area contributed by atoms with Crippen LogP contribution in [0.15, 0.2) is 0 Å². The van der Waals surface area contributed by atoms with Gasteiger partial charge in [-0.15, -0.1) is 0 Å². The lowest BCUT2D eigenvalue weighted by molar-refractivity contribution is -0.137. The summed E-state index contributed by atoms with van der Waals surface area (Å²) in [7, 11) is 0. The predicted molar refractivity (Wildman–Crippen MR) is 78.7 cm³/mol. The van der Waals surface area contributed by atoms with E-state index in [0.29, 0.717) is 5.92 Å². The minimum Gasteiger partial charge on any atom is -0.481 e. The Bertz CT molecular complexity index is 344. The summed E-state index contributed by atoms with van der Waals surface area (Å²) < 4.78 is 0. The van der Waals surface area contributed by atoms with Gasteiger partial charge < -0.3 is 15.3 Å². The van der Waals surface area contributed by atoms with Crippen molar-refractivity contribution in [2.45, 2.75) is 71.4 Å². The van der Waals surface area contributed by atoms with E-state index < -0.39 is 5.97 Å². The molecule has 1 aliphatic carbocycles. The van der Waals surface area contributed by atoms with Crippen LogP contribution >= 0.6 is 0 Å². The average molecular weight is 284 g/mol. The Labute approximate surface area is 121 Å². The molecule has 20 heavy (non-hydrogen) atoms. The second-order valence-electron chi connectivity index (χ2n) is 6.75. The van der Waals surface area contributed by atoms with E-state index in [1.54, 1.807) is 4.90 Å². The fourth-order valence-corrected chi connectivity index (χ4v) is 2.80. The summed E-state index contributed by atoms with van der Waals surface area (Å²) in [5, 5.41) is 11.9. The minimum atomic E-state index is -0.879. The molecule has 0 spiro atoms. The van der Waals surface area contributed by atoms with Gasteiger partial charge in [-0.05, 0) is 46.5 Å². The molecule has 0 aliphatic heterocycles. The molecule has 0 aromatic rings. The molecule has 5 nitrogen and oxygen atoms in total. The first-order valence-electron chi connectivity index (χ1n) is 7.51. The Morgan fingerprint density at radius 1 is 1.30 bits per heavy atom. The fraction of sp³-hybridized carbons (Fsp3) is 0.867. The maximum absolute atomic E-state index is 12.4. The molecular weight excluding hydrogens is 256 g/mol. The van der Waals surface area contributed by atoms with E-state index in [0.717, 1.165) is 0 Å². The second kappa shape index (κ2) is 6.95. The van der Waals surface area contributed by atoms with Crippen LogP contribution in [0.5, 0.6) is 0 Å². The summed E-state index contributed by atoms with van der Waals surface area (Å²) in [5.41, 5.74) is -0.380. The van der Waals surface area contributed by atoms with E-state index in [4.69, 9.17) is 5.11 Å². The molecule has 0 aromatic carbocycles.